The maximum absolute atomic E-state index is 5.61. The zero-order valence-electron chi connectivity index (χ0n) is 8.94. The zero-order valence-corrected chi connectivity index (χ0v) is 8.94. The standard InChI is InChI=1S/C10H19N3O/c1-3-5-13-8-9(7-12-13)10(6-11)14-4-2/h7-8,10H,3-6,11H2,1-2H3. The van der Waals surface area contributed by atoms with Crippen molar-refractivity contribution in [2.45, 2.75) is 32.9 Å². The molecule has 1 rings (SSSR count). The van der Waals surface area contributed by atoms with E-state index in [1.165, 1.54) is 0 Å². The SMILES string of the molecule is CCCn1cc(C(CN)OCC)cn1. The van der Waals surface area contributed by atoms with Crippen molar-refractivity contribution in [1.29, 1.82) is 0 Å². The highest BCUT2D eigenvalue weighted by Gasteiger charge is 2.11. The minimum absolute atomic E-state index is 0.00870. The Labute approximate surface area is 85.0 Å². The molecular formula is C10H19N3O. The molecule has 0 fully saturated rings. The number of hydrogen-bond donors (Lipinski definition) is 1. The Morgan fingerprint density at radius 1 is 1.57 bits per heavy atom. The molecule has 0 spiro atoms. The van der Waals surface area contributed by atoms with E-state index in [1.54, 1.807) is 0 Å². The van der Waals surface area contributed by atoms with Gasteiger partial charge in [-0.05, 0) is 13.3 Å². The molecule has 0 saturated heterocycles. The van der Waals surface area contributed by atoms with Crippen molar-refractivity contribution in [2.24, 2.45) is 5.73 Å². The van der Waals surface area contributed by atoms with Crippen molar-refractivity contribution < 1.29 is 4.74 Å². The van der Waals surface area contributed by atoms with Gasteiger partial charge in [-0.2, -0.15) is 5.10 Å². The Bertz CT molecular complexity index is 260. The van der Waals surface area contributed by atoms with E-state index in [2.05, 4.69) is 12.0 Å². The molecule has 0 saturated carbocycles. The monoisotopic (exact) mass is 197 g/mol. The summed E-state index contributed by atoms with van der Waals surface area (Å²) in [4.78, 5) is 0. The van der Waals surface area contributed by atoms with Gasteiger partial charge in [0.1, 0.15) is 0 Å². The summed E-state index contributed by atoms with van der Waals surface area (Å²) in [6.07, 6.45) is 4.92. The lowest BCUT2D eigenvalue weighted by Crippen LogP contribution is -2.15. The van der Waals surface area contributed by atoms with Crippen LogP contribution in [0.25, 0.3) is 0 Å². The molecule has 0 aromatic carbocycles. The Hall–Kier alpha value is -0.870. The van der Waals surface area contributed by atoms with E-state index < -0.39 is 0 Å². The molecule has 1 aromatic heterocycles. The summed E-state index contributed by atoms with van der Waals surface area (Å²) >= 11 is 0. The van der Waals surface area contributed by atoms with Gasteiger partial charge in [0.25, 0.3) is 0 Å². The van der Waals surface area contributed by atoms with Gasteiger partial charge in [-0.1, -0.05) is 6.92 Å². The lowest BCUT2D eigenvalue weighted by atomic mass is 10.2. The first-order valence-corrected chi connectivity index (χ1v) is 5.15. The van der Waals surface area contributed by atoms with Crippen LogP contribution in [0.15, 0.2) is 12.4 Å². The summed E-state index contributed by atoms with van der Waals surface area (Å²) in [6, 6.07) is 0. The molecular weight excluding hydrogens is 178 g/mol. The predicted molar refractivity (Wildman–Crippen MR) is 55.9 cm³/mol. The van der Waals surface area contributed by atoms with E-state index in [9.17, 15) is 0 Å². The Balaban J connectivity index is 2.63. The highest BCUT2D eigenvalue weighted by Crippen LogP contribution is 2.14. The summed E-state index contributed by atoms with van der Waals surface area (Å²) in [5, 5.41) is 4.24. The van der Waals surface area contributed by atoms with Crippen LogP contribution in [-0.4, -0.2) is 22.9 Å². The van der Waals surface area contributed by atoms with Crippen LogP contribution >= 0.6 is 0 Å². The van der Waals surface area contributed by atoms with E-state index in [1.807, 2.05) is 24.0 Å². The van der Waals surface area contributed by atoms with Gasteiger partial charge in [-0.25, -0.2) is 0 Å². The zero-order chi connectivity index (χ0) is 10.4. The van der Waals surface area contributed by atoms with Crippen LogP contribution in [0.4, 0.5) is 0 Å². The van der Waals surface area contributed by atoms with Gasteiger partial charge in [0.05, 0.1) is 12.3 Å². The predicted octanol–water partition coefficient (Wildman–Crippen LogP) is 1.33. The molecule has 0 amide bonds. The molecule has 1 unspecified atom stereocenters. The summed E-state index contributed by atoms with van der Waals surface area (Å²) in [5.74, 6) is 0. The van der Waals surface area contributed by atoms with Crippen molar-refractivity contribution in [3.05, 3.63) is 18.0 Å². The maximum atomic E-state index is 5.61. The topological polar surface area (TPSA) is 53.1 Å². The third kappa shape index (κ3) is 2.82. The van der Waals surface area contributed by atoms with E-state index in [0.29, 0.717) is 13.2 Å². The Morgan fingerprint density at radius 2 is 2.36 bits per heavy atom. The first kappa shape index (κ1) is 11.2. The minimum Gasteiger partial charge on any atom is -0.372 e. The smallest absolute Gasteiger partial charge is 0.0977 e. The van der Waals surface area contributed by atoms with Gasteiger partial charge in [-0.3, -0.25) is 4.68 Å². The average Bonchev–Trinajstić information content (AvgIpc) is 2.63. The molecule has 0 radical (unpaired) electrons. The Morgan fingerprint density at radius 3 is 2.93 bits per heavy atom. The van der Waals surface area contributed by atoms with Crippen molar-refractivity contribution in [2.75, 3.05) is 13.2 Å². The normalized spacial score (nSPS) is 13.1. The highest BCUT2D eigenvalue weighted by molar-refractivity contribution is 5.08. The second kappa shape index (κ2) is 5.78. The van der Waals surface area contributed by atoms with Gasteiger partial charge in [0.2, 0.25) is 0 Å². The van der Waals surface area contributed by atoms with E-state index in [0.717, 1.165) is 18.5 Å². The quantitative estimate of drug-likeness (QED) is 0.748. The van der Waals surface area contributed by atoms with Crippen molar-refractivity contribution in [3.63, 3.8) is 0 Å². The second-order valence-corrected chi connectivity index (χ2v) is 3.22. The lowest BCUT2D eigenvalue weighted by molar-refractivity contribution is 0.0688. The van der Waals surface area contributed by atoms with Gasteiger partial charge >= 0.3 is 0 Å². The minimum atomic E-state index is -0.00870. The summed E-state index contributed by atoms with van der Waals surface area (Å²) in [5.41, 5.74) is 6.68. The van der Waals surface area contributed by atoms with Gasteiger partial charge in [0, 0.05) is 31.5 Å². The fourth-order valence-electron chi connectivity index (χ4n) is 1.40. The molecule has 80 valence electrons. The molecule has 1 heterocycles. The highest BCUT2D eigenvalue weighted by atomic mass is 16.5. The average molecular weight is 197 g/mol. The number of ether oxygens (including phenoxy) is 1. The molecule has 1 aromatic rings. The second-order valence-electron chi connectivity index (χ2n) is 3.22. The number of aryl methyl sites for hydroxylation is 1. The van der Waals surface area contributed by atoms with Gasteiger partial charge in [0.15, 0.2) is 0 Å². The first-order valence-electron chi connectivity index (χ1n) is 5.15. The van der Waals surface area contributed by atoms with E-state index >= 15 is 0 Å². The molecule has 0 bridgehead atoms. The molecule has 2 N–H and O–H groups in total. The van der Waals surface area contributed by atoms with E-state index in [-0.39, 0.29) is 6.10 Å². The molecule has 1 atom stereocenters. The Kier molecular flexibility index (Phi) is 4.62. The van der Waals surface area contributed by atoms with Crippen molar-refractivity contribution in [3.8, 4) is 0 Å². The number of nitrogens with two attached hydrogens (primary N) is 1. The van der Waals surface area contributed by atoms with Crippen LogP contribution in [-0.2, 0) is 11.3 Å². The summed E-state index contributed by atoms with van der Waals surface area (Å²) in [6.45, 7) is 6.24. The van der Waals surface area contributed by atoms with Crippen molar-refractivity contribution >= 4 is 0 Å². The van der Waals surface area contributed by atoms with Crippen LogP contribution in [0, 0.1) is 0 Å². The maximum Gasteiger partial charge on any atom is 0.0977 e. The summed E-state index contributed by atoms with van der Waals surface area (Å²) < 4.78 is 7.42. The van der Waals surface area contributed by atoms with Crippen LogP contribution in [0.3, 0.4) is 0 Å². The third-order valence-corrected chi connectivity index (χ3v) is 2.06. The fraction of sp³-hybridized carbons (Fsp3) is 0.700. The largest absolute Gasteiger partial charge is 0.372 e. The van der Waals surface area contributed by atoms with Gasteiger partial charge < -0.3 is 10.5 Å². The third-order valence-electron chi connectivity index (χ3n) is 2.06. The van der Waals surface area contributed by atoms with Crippen molar-refractivity contribution in [1.82, 2.24) is 9.78 Å². The first-order chi connectivity index (χ1) is 6.81. The fourth-order valence-corrected chi connectivity index (χ4v) is 1.40. The van der Waals surface area contributed by atoms with Crippen LogP contribution < -0.4 is 5.73 Å². The molecule has 0 aliphatic carbocycles. The number of nitrogens with zero attached hydrogens (tertiary/aromatic N) is 2. The van der Waals surface area contributed by atoms with Crippen LogP contribution in [0.1, 0.15) is 31.9 Å². The molecule has 4 heteroatoms. The summed E-state index contributed by atoms with van der Waals surface area (Å²) in [7, 11) is 0. The molecule has 0 aliphatic heterocycles. The lowest BCUT2D eigenvalue weighted by Gasteiger charge is -2.12. The van der Waals surface area contributed by atoms with E-state index in [4.69, 9.17) is 10.5 Å². The van der Waals surface area contributed by atoms with Gasteiger partial charge in [-0.15, -0.1) is 0 Å². The number of aromatic nitrogens is 2. The number of rotatable bonds is 6. The molecule has 4 nitrogen and oxygen atoms in total. The number of hydrogen-bond acceptors (Lipinski definition) is 3. The van der Waals surface area contributed by atoms with Crippen LogP contribution in [0.2, 0.25) is 0 Å². The van der Waals surface area contributed by atoms with Crippen LogP contribution in [0.5, 0.6) is 0 Å². The molecule has 0 aliphatic rings. The molecule has 14 heavy (non-hydrogen) atoms.